The normalized spacial score (nSPS) is 12.6. The number of rotatable bonds is 11. The lowest BCUT2D eigenvalue weighted by atomic mass is 10.0. The molecule has 2 atom stereocenters. The number of benzene rings is 3. The number of carbonyl (C=O) groups is 2. The third-order valence-electron chi connectivity index (χ3n) is 6.18. The molecule has 3 aromatic rings. The summed E-state index contributed by atoms with van der Waals surface area (Å²) in [5, 5.41) is 3.12. The van der Waals surface area contributed by atoms with Crippen LogP contribution in [-0.2, 0) is 29.0 Å². The number of nitrogens with zero attached hydrogens (tertiary/aromatic N) is 1. The number of nitrogens with one attached hydrogen (secondary N) is 1. The molecule has 34 heavy (non-hydrogen) atoms. The first kappa shape index (κ1) is 25.2. The zero-order chi connectivity index (χ0) is 24.3. The molecule has 0 bridgehead atoms. The average Bonchev–Trinajstić information content (AvgIpc) is 2.85. The minimum absolute atomic E-state index is 0.00871. The van der Waals surface area contributed by atoms with Crippen molar-refractivity contribution in [2.45, 2.75) is 65.1 Å². The molecule has 0 radical (unpaired) electrons. The van der Waals surface area contributed by atoms with E-state index in [4.69, 9.17) is 0 Å². The van der Waals surface area contributed by atoms with Crippen molar-refractivity contribution in [1.29, 1.82) is 0 Å². The maximum absolute atomic E-state index is 13.6. The summed E-state index contributed by atoms with van der Waals surface area (Å²) in [6, 6.07) is 27.6. The zero-order valence-electron chi connectivity index (χ0n) is 20.5. The molecule has 0 aliphatic heterocycles. The molecular weight excluding hydrogens is 420 g/mol. The Bertz CT molecular complexity index is 1050. The molecular formula is C30H36N2O2. The summed E-state index contributed by atoms with van der Waals surface area (Å²) in [5.74, 6) is -0.107. The van der Waals surface area contributed by atoms with Gasteiger partial charge in [-0.1, -0.05) is 97.4 Å². The summed E-state index contributed by atoms with van der Waals surface area (Å²) in [5.41, 5.74) is 4.33. The van der Waals surface area contributed by atoms with Crippen molar-refractivity contribution >= 4 is 11.8 Å². The van der Waals surface area contributed by atoms with E-state index in [1.54, 1.807) is 4.90 Å². The number of amides is 2. The van der Waals surface area contributed by atoms with Crippen LogP contribution in [0.3, 0.4) is 0 Å². The third kappa shape index (κ3) is 7.58. The van der Waals surface area contributed by atoms with Gasteiger partial charge in [0.15, 0.2) is 0 Å². The Labute approximate surface area is 204 Å². The van der Waals surface area contributed by atoms with Crippen molar-refractivity contribution in [2.75, 3.05) is 0 Å². The first-order valence-corrected chi connectivity index (χ1v) is 12.2. The summed E-state index contributed by atoms with van der Waals surface area (Å²) in [7, 11) is 0. The lowest BCUT2D eigenvalue weighted by molar-refractivity contribution is -0.141. The van der Waals surface area contributed by atoms with Gasteiger partial charge in [-0.3, -0.25) is 9.59 Å². The topological polar surface area (TPSA) is 49.4 Å². The van der Waals surface area contributed by atoms with Gasteiger partial charge < -0.3 is 10.2 Å². The summed E-state index contributed by atoms with van der Waals surface area (Å²) in [6.07, 6.45) is 2.32. The summed E-state index contributed by atoms with van der Waals surface area (Å²) in [6.45, 7) is 6.50. The number of hydrogen-bond donors (Lipinski definition) is 1. The standard InChI is InChI=1S/C30H36N2O2/c1-4-24(3)31-30(34)28(21-26-15-9-6-10-16-26)32(22-27-17-11-12-23(2)20-27)29(33)19-18-25-13-7-5-8-14-25/h5-17,20,24,28H,4,18-19,21-22H2,1-3H3,(H,31,34)/t24-,28+/m0/s1. The fraction of sp³-hybridized carbons (Fsp3) is 0.333. The van der Waals surface area contributed by atoms with E-state index in [0.29, 0.717) is 25.8 Å². The van der Waals surface area contributed by atoms with Crippen LogP contribution < -0.4 is 5.32 Å². The van der Waals surface area contributed by atoms with E-state index in [9.17, 15) is 9.59 Å². The van der Waals surface area contributed by atoms with Gasteiger partial charge in [-0.2, -0.15) is 0 Å². The van der Waals surface area contributed by atoms with E-state index in [1.165, 1.54) is 0 Å². The van der Waals surface area contributed by atoms with Crippen LogP contribution in [0.5, 0.6) is 0 Å². The molecule has 2 amide bonds. The molecule has 0 aromatic heterocycles. The Kier molecular flexibility index (Phi) is 9.45. The van der Waals surface area contributed by atoms with Crippen molar-refractivity contribution in [1.82, 2.24) is 10.2 Å². The molecule has 0 unspecified atom stereocenters. The molecule has 0 aliphatic rings. The molecule has 178 valence electrons. The van der Waals surface area contributed by atoms with Crippen molar-refractivity contribution in [3.63, 3.8) is 0 Å². The minimum Gasteiger partial charge on any atom is -0.352 e. The first-order valence-electron chi connectivity index (χ1n) is 12.2. The van der Waals surface area contributed by atoms with Crippen LogP contribution in [0.2, 0.25) is 0 Å². The molecule has 3 aromatic carbocycles. The van der Waals surface area contributed by atoms with Crippen molar-refractivity contribution in [3.8, 4) is 0 Å². The van der Waals surface area contributed by atoms with Crippen LogP contribution in [0.1, 0.15) is 48.9 Å². The molecule has 4 heteroatoms. The maximum Gasteiger partial charge on any atom is 0.243 e. The van der Waals surface area contributed by atoms with Crippen molar-refractivity contribution < 1.29 is 9.59 Å². The predicted molar refractivity (Wildman–Crippen MR) is 138 cm³/mol. The van der Waals surface area contributed by atoms with Gasteiger partial charge in [0.2, 0.25) is 11.8 Å². The Morgan fingerprint density at radius 2 is 1.47 bits per heavy atom. The van der Waals surface area contributed by atoms with E-state index in [-0.39, 0.29) is 17.9 Å². The summed E-state index contributed by atoms with van der Waals surface area (Å²) < 4.78 is 0. The predicted octanol–water partition coefficient (Wildman–Crippen LogP) is 5.48. The zero-order valence-corrected chi connectivity index (χ0v) is 20.5. The third-order valence-corrected chi connectivity index (χ3v) is 6.18. The molecule has 3 rings (SSSR count). The number of aryl methyl sites for hydroxylation is 2. The largest absolute Gasteiger partial charge is 0.352 e. The lowest BCUT2D eigenvalue weighted by Gasteiger charge is -2.32. The molecule has 0 saturated heterocycles. The van der Waals surface area contributed by atoms with E-state index in [0.717, 1.165) is 28.7 Å². The lowest BCUT2D eigenvalue weighted by Crippen LogP contribution is -2.52. The number of hydrogen-bond acceptors (Lipinski definition) is 2. The Morgan fingerprint density at radius 3 is 2.09 bits per heavy atom. The highest BCUT2D eigenvalue weighted by molar-refractivity contribution is 5.88. The van der Waals surface area contributed by atoms with Gasteiger partial charge in [0.05, 0.1) is 0 Å². The van der Waals surface area contributed by atoms with Gasteiger partial charge in [0.1, 0.15) is 6.04 Å². The molecule has 0 heterocycles. The van der Waals surface area contributed by atoms with Crippen LogP contribution in [0.25, 0.3) is 0 Å². The van der Waals surface area contributed by atoms with Gasteiger partial charge in [0.25, 0.3) is 0 Å². The van der Waals surface area contributed by atoms with Crippen LogP contribution >= 0.6 is 0 Å². The molecule has 1 N–H and O–H groups in total. The average molecular weight is 457 g/mol. The Hall–Kier alpha value is -3.40. The summed E-state index contributed by atoms with van der Waals surface area (Å²) >= 11 is 0. The van der Waals surface area contributed by atoms with Crippen LogP contribution in [-0.4, -0.2) is 28.8 Å². The van der Waals surface area contributed by atoms with Crippen LogP contribution in [0.15, 0.2) is 84.9 Å². The van der Waals surface area contributed by atoms with Gasteiger partial charge in [0, 0.05) is 25.4 Å². The highest BCUT2D eigenvalue weighted by Gasteiger charge is 2.30. The second-order valence-electron chi connectivity index (χ2n) is 9.02. The maximum atomic E-state index is 13.6. The quantitative estimate of drug-likeness (QED) is 0.415. The molecule has 0 aliphatic carbocycles. The second kappa shape index (κ2) is 12.7. The van der Waals surface area contributed by atoms with E-state index >= 15 is 0 Å². The Balaban J connectivity index is 1.91. The van der Waals surface area contributed by atoms with Gasteiger partial charge in [-0.15, -0.1) is 0 Å². The SMILES string of the molecule is CC[C@H](C)NC(=O)[C@@H](Cc1ccccc1)N(Cc1cccc(C)c1)C(=O)CCc1ccccc1. The number of carbonyl (C=O) groups excluding carboxylic acids is 2. The minimum atomic E-state index is -0.583. The smallest absolute Gasteiger partial charge is 0.243 e. The van der Waals surface area contributed by atoms with Gasteiger partial charge in [-0.05, 0) is 43.4 Å². The van der Waals surface area contributed by atoms with E-state index in [1.807, 2.05) is 99.6 Å². The van der Waals surface area contributed by atoms with Crippen LogP contribution in [0.4, 0.5) is 0 Å². The first-order chi connectivity index (χ1) is 16.5. The van der Waals surface area contributed by atoms with E-state index < -0.39 is 6.04 Å². The highest BCUT2D eigenvalue weighted by Crippen LogP contribution is 2.18. The van der Waals surface area contributed by atoms with E-state index in [2.05, 4.69) is 11.4 Å². The van der Waals surface area contributed by atoms with Gasteiger partial charge >= 0.3 is 0 Å². The van der Waals surface area contributed by atoms with Crippen LogP contribution in [0, 0.1) is 6.92 Å². The van der Waals surface area contributed by atoms with Crippen molar-refractivity contribution in [3.05, 3.63) is 107 Å². The van der Waals surface area contributed by atoms with Gasteiger partial charge in [-0.25, -0.2) is 0 Å². The molecule has 0 fully saturated rings. The molecule has 0 saturated carbocycles. The monoisotopic (exact) mass is 456 g/mol. The summed E-state index contributed by atoms with van der Waals surface area (Å²) in [4.78, 5) is 28.9. The fourth-order valence-electron chi connectivity index (χ4n) is 4.04. The fourth-order valence-corrected chi connectivity index (χ4v) is 4.04. The Morgan fingerprint density at radius 1 is 0.853 bits per heavy atom. The molecule has 4 nitrogen and oxygen atoms in total. The second-order valence-corrected chi connectivity index (χ2v) is 9.02. The molecule has 0 spiro atoms. The highest BCUT2D eigenvalue weighted by atomic mass is 16.2. The van der Waals surface area contributed by atoms with Crippen molar-refractivity contribution in [2.24, 2.45) is 0 Å².